The van der Waals surface area contributed by atoms with Crippen molar-refractivity contribution in [3.8, 4) is 0 Å². The van der Waals surface area contributed by atoms with Crippen LogP contribution in [0.25, 0.3) is 0 Å². The zero-order valence-electron chi connectivity index (χ0n) is 12.4. The average molecular weight is 256 g/mol. The minimum Gasteiger partial charge on any atom is -0.378 e. The summed E-state index contributed by atoms with van der Waals surface area (Å²) in [4.78, 5) is 11.8. The number of amides is 1. The van der Waals surface area contributed by atoms with Crippen LogP contribution in [0.4, 0.5) is 0 Å². The Morgan fingerprint density at radius 1 is 1.44 bits per heavy atom. The van der Waals surface area contributed by atoms with Crippen LogP contribution in [0.15, 0.2) is 0 Å². The van der Waals surface area contributed by atoms with Crippen LogP contribution in [0, 0.1) is 5.41 Å². The summed E-state index contributed by atoms with van der Waals surface area (Å²) in [6.45, 7) is 11.9. The van der Waals surface area contributed by atoms with E-state index >= 15 is 0 Å². The van der Waals surface area contributed by atoms with E-state index in [-0.39, 0.29) is 17.4 Å². The monoisotopic (exact) mass is 256 g/mol. The highest BCUT2D eigenvalue weighted by atomic mass is 16.5. The quantitative estimate of drug-likeness (QED) is 0.729. The van der Waals surface area contributed by atoms with Crippen molar-refractivity contribution in [2.45, 2.75) is 65.6 Å². The van der Waals surface area contributed by atoms with Gasteiger partial charge in [0.25, 0.3) is 0 Å². The topological polar surface area (TPSA) is 50.4 Å². The molecule has 3 unspecified atom stereocenters. The number of hydrogen-bond acceptors (Lipinski definition) is 3. The molecule has 0 heterocycles. The van der Waals surface area contributed by atoms with Crippen LogP contribution in [0.1, 0.15) is 47.5 Å². The molecule has 18 heavy (non-hydrogen) atoms. The highest BCUT2D eigenvalue weighted by Gasteiger charge is 2.49. The molecule has 1 aliphatic rings. The van der Waals surface area contributed by atoms with Crippen molar-refractivity contribution in [1.82, 2.24) is 10.6 Å². The molecule has 0 aliphatic heterocycles. The number of nitrogens with one attached hydrogen (secondary N) is 2. The first-order valence-electron chi connectivity index (χ1n) is 7.08. The molecule has 1 saturated carbocycles. The smallest absolute Gasteiger partial charge is 0.236 e. The molecule has 0 spiro atoms. The fourth-order valence-electron chi connectivity index (χ4n) is 2.43. The van der Waals surface area contributed by atoms with E-state index in [4.69, 9.17) is 4.74 Å². The summed E-state index contributed by atoms with van der Waals surface area (Å²) in [5.41, 5.74) is 0.106. The normalized spacial score (nSPS) is 27.4. The summed E-state index contributed by atoms with van der Waals surface area (Å²) in [6.07, 6.45) is 2.28. The molecule has 1 fully saturated rings. The fourth-order valence-corrected chi connectivity index (χ4v) is 2.43. The van der Waals surface area contributed by atoms with E-state index in [9.17, 15) is 4.79 Å². The lowest BCUT2D eigenvalue weighted by Gasteiger charge is -2.52. The molecule has 0 aromatic carbocycles. The Kier molecular flexibility index (Phi) is 5.60. The van der Waals surface area contributed by atoms with Gasteiger partial charge in [-0.15, -0.1) is 0 Å². The van der Waals surface area contributed by atoms with Gasteiger partial charge in [-0.1, -0.05) is 20.8 Å². The molecule has 3 atom stereocenters. The SMILES string of the molecule is CCCNC(=O)C(C)NC1CC(OCC)C1(C)C. The average Bonchev–Trinajstić information content (AvgIpc) is 2.34. The van der Waals surface area contributed by atoms with Crippen LogP contribution in [0.5, 0.6) is 0 Å². The Hall–Kier alpha value is -0.610. The minimum absolute atomic E-state index is 0.0903. The largest absolute Gasteiger partial charge is 0.378 e. The summed E-state index contributed by atoms with van der Waals surface area (Å²) in [5, 5.41) is 6.33. The molecule has 1 rings (SSSR count). The van der Waals surface area contributed by atoms with Gasteiger partial charge in [0.1, 0.15) is 0 Å². The number of ether oxygens (including phenoxy) is 1. The van der Waals surface area contributed by atoms with Crippen molar-refractivity contribution in [2.24, 2.45) is 5.41 Å². The molecule has 0 saturated heterocycles. The van der Waals surface area contributed by atoms with Crippen LogP contribution < -0.4 is 10.6 Å². The summed E-state index contributed by atoms with van der Waals surface area (Å²) >= 11 is 0. The van der Waals surface area contributed by atoms with E-state index in [0.29, 0.717) is 12.1 Å². The zero-order chi connectivity index (χ0) is 13.8. The van der Waals surface area contributed by atoms with Crippen molar-refractivity contribution in [3.63, 3.8) is 0 Å². The lowest BCUT2D eigenvalue weighted by molar-refractivity contribution is -0.130. The van der Waals surface area contributed by atoms with E-state index in [0.717, 1.165) is 26.0 Å². The van der Waals surface area contributed by atoms with Crippen molar-refractivity contribution >= 4 is 5.91 Å². The third-order valence-corrected chi connectivity index (χ3v) is 3.94. The first-order valence-corrected chi connectivity index (χ1v) is 7.08. The van der Waals surface area contributed by atoms with E-state index in [1.807, 2.05) is 13.8 Å². The molecule has 0 aromatic heterocycles. The summed E-state index contributed by atoms with van der Waals surface area (Å²) in [5.74, 6) is 0.0903. The van der Waals surface area contributed by atoms with Gasteiger partial charge in [0.2, 0.25) is 5.91 Å². The molecule has 0 aromatic rings. The molecule has 1 aliphatic carbocycles. The molecular weight excluding hydrogens is 228 g/mol. The second-order valence-corrected chi connectivity index (χ2v) is 5.73. The highest BCUT2D eigenvalue weighted by molar-refractivity contribution is 5.81. The Labute approximate surface area is 111 Å². The maximum absolute atomic E-state index is 11.8. The van der Waals surface area contributed by atoms with Gasteiger partial charge in [-0.2, -0.15) is 0 Å². The lowest BCUT2D eigenvalue weighted by Crippen LogP contribution is -2.64. The van der Waals surface area contributed by atoms with Gasteiger partial charge in [0.05, 0.1) is 12.1 Å². The molecule has 106 valence electrons. The van der Waals surface area contributed by atoms with E-state index in [1.165, 1.54) is 0 Å². The standard InChI is InChI=1S/C14H28N2O2/c1-6-8-15-13(17)10(3)16-11-9-12(18-7-2)14(11,4)5/h10-12,16H,6-9H2,1-5H3,(H,15,17). The molecule has 4 nitrogen and oxygen atoms in total. The van der Waals surface area contributed by atoms with Gasteiger partial charge >= 0.3 is 0 Å². The second kappa shape index (κ2) is 6.53. The van der Waals surface area contributed by atoms with Crippen molar-refractivity contribution < 1.29 is 9.53 Å². The zero-order valence-corrected chi connectivity index (χ0v) is 12.4. The van der Waals surface area contributed by atoms with E-state index in [2.05, 4.69) is 31.4 Å². The van der Waals surface area contributed by atoms with Crippen molar-refractivity contribution in [3.05, 3.63) is 0 Å². The number of hydrogen-bond donors (Lipinski definition) is 2. The minimum atomic E-state index is -0.136. The number of rotatable bonds is 7. The number of carbonyl (C=O) groups excluding carboxylic acids is 1. The van der Waals surface area contributed by atoms with Crippen molar-refractivity contribution in [2.75, 3.05) is 13.2 Å². The Morgan fingerprint density at radius 3 is 2.61 bits per heavy atom. The van der Waals surface area contributed by atoms with Crippen LogP contribution in [-0.2, 0) is 9.53 Å². The molecule has 2 N–H and O–H groups in total. The predicted molar refractivity (Wildman–Crippen MR) is 73.5 cm³/mol. The van der Waals surface area contributed by atoms with Gasteiger partial charge in [-0.05, 0) is 26.7 Å². The van der Waals surface area contributed by atoms with E-state index in [1.54, 1.807) is 0 Å². The summed E-state index contributed by atoms with van der Waals surface area (Å²) in [7, 11) is 0. The maximum Gasteiger partial charge on any atom is 0.236 e. The van der Waals surface area contributed by atoms with Gasteiger partial charge in [0, 0.05) is 24.6 Å². The van der Waals surface area contributed by atoms with Gasteiger partial charge in [-0.3, -0.25) is 4.79 Å². The molecule has 0 bridgehead atoms. The Balaban J connectivity index is 2.38. The molecule has 1 amide bonds. The summed E-state index contributed by atoms with van der Waals surface area (Å²) < 4.78 is 5.69. The van der Waals surface area contributed by atoms with Gasteiger partial charge in [-0.25, -0.2) is 0 Å². The lowest BCUT2D eigenvalue weighted by atomic mass is 9.64. The van der Waals surface area contributed by atoms with Gasteiger partial charge < -0.3 is 15.4 Å². The molecule has 0 radical (unpaired) electrons. The summed E-state index contributed by atoms with van der Waals surface area (Å²) in [6, 6.07) is 0.222. The second-order valence-electron chi connectivity index (χ2n) is 5.73. The molecular formula is C14H28N2O2. The van der Waals surface area contributed by atoms with Crippen LogP contribution >= 0.6 is 0 Å². The maximum atomic E-state index is 11.8. The van der Waals surface area contributed by atoms with Gasteiger partial charge in [0.15, 0.2) is 0 Å². The number of carbonyl (C=O) groups is 1. The van der Waals surface area contributed by atoms with Crippen LogP contribution in [-0.4, -0.2) is 37.2 Å². The van der Waals surface area contributed by atoms with Crippen molar-refractivity contribution in [1.29, 1.82) is 0 Å². The van der Waals surface area contributed by atoms with Crippen LogP contribution in [0.3, 0.4) is 0 Å². The predicted octanol–water partition coefficient (Wildman–Crippen LogP) is 1.69. The Bertz CT molecular complexity index is 279. The van der Waals surface area contributed by atoms with E-state index < -0.39 is 0 Å². The first-order chi connectivity index (χ1) is 8.43. The Morgan fingerprint density at radius 2 is 2.11 bits per heavy atom. The third kappa shape index (κ3) is 3.45. The fraction of sp³-hybridized carbons (Fsp3) is 0.929. The first kappa shape index (κ1) is 15.4. The third-order valence-electron chi connectivity index (χ3n) is 3.94. The van der Waals surface area contributed by atoms with Crippen LogP contribution in [0.2, 0.25) is 0 Å². The highest BCUT2D eigenvalue weighted by Crippen LogP contribution is 2.42. The molecule has 4 heteroatoms.